The Morgan fingerprint density at radius 1 is 1.12 bits per heavy atom. The van der Waals surface area contributed by atoms with Gasteiger partial charge in [0.15, 0.2) is 5.69 Å². The lowest BCUT2D eigenvalue weighted by molar-refractivity contribution is -0.384. The number of hydrogen-bond acceptors (Lipinski definition) is 5. The summed E-state index contributed by atoms with van der Waals surface area (Å²) in [5.41, 5.74) is 2.01. The quantitative estimate of drug-likeness (QED) is 0.387. The van der Waals surface area contributed by atoms with Crippen molar-refractivity contribution in [2.45, 2.75) is 6.54 Å². The normalized spacial score (nSPS) is 10.5. The molecule has 0 atom stereocenters. The first-order chi connectivity index (χ1) is 12.0. The van der Waals surface area contributed by atoms with E-state index >= 15 is 0 Å². The molecule has 0 aliphatic carbocycles. The number of pyridine rings is 2. The molecule has 0 amide bonds. The van der Waals surface area contributed by atoms with E-state index in [0.29, 0.717) is 28.8 Å². The molecule has 0 saturated heterocycles. The molecule has 1 aromatic carbocycles. The van der Waals surface area contributed by atoms with Gasteiger partial charge in [0.05, 0.1) is 4.92 Å². The van der Waals surface area contributed by atoms with Gasteiger partial charge in [0.1, 0.15) is 11.0 Å². The molecular formula is C18H15ClN4O2. The van der Waals surface area contributed by atoms with Crippen LogP contribution in [0.25, 0.3) is 11.3 Å². The van der Waals surface area contributed by atoms with Crippen LogP contribution in [0.5, 0.6) is 0 Å². The van der Waals surface area contributed by atoms with Crippen LogP contribution in [0.3, 0.4) is 0 Å². The molecule has 2 aromatic heterocycles. The maximum Gasteiger partial charge on any atom is 0.295 e. The maximum atomic E-state index is 11.3. The second-order valence-corrected chi connectivity index (χ2v) is 5.89. The average Bonchev–Trinajstić information content (AvgIpc) is 2.63. The van der Waals surface area contributed by atoms with Crippen LogP contribution in [0, 0.1) is 10.1 Å². The van der Waals surface area contributed by atoms with Crippen LogP contribution in [0.2, 0.25) is 5.15 Å². The second-order valence-electron chi connectivity index (χ2n) is 5.51. The summed E-state index contributed by atoms with van der Waals surface area (Å²) < 4.78 is 0. The zero-order chi connectivity index (χ0) is 17.8. The molecule has 0 fully saturated rings. The van der Waals surface area contributed by atoms with Gasteiger partial charge in [-0.2, -0.15) is 0 Å². The van der Waals surface area contributed by atoms with Gasteiger partial charge < -0.3 is 4.90 Å². The smallest absolute Gasteiger partial charge is 0.295 e. The number of rotatable bonds is 5. The predicted octanol–water partition coefficient (Wildman–Crippen LogP) is 4.34. The molecule has 0 unspecified atom stereocenters. The van der Waals surface area contributed by atoms with Crippen LogP contribution in [0.4, 0.5) is 11.5 Å². The third-order valence-electron chi connectivity index (χ3n) is 3.70. The van der Waals surface area contributed by atoms with Crippen LogP contribution in [0.15, 0.2) is 60.8 Å². The minimum atomic E-state index is -0.414. The highest BCUT2D eigenvalue weighted by Crippen LogP contribution is 2.30. The highest BCUT2D eigenvalue weighted by molar-refractivity contribution is 6.29. The van der Waals surface area contributed by atoms with Crippen molar-refractivity contribution in [1.82, 2.24) is 9.97 Å². The van der Waals surface area contributed by atoms with E-state index in [1.807, 2.05) is 48.3 Å². The first-order valence-electron chi connectivity index (χ1n) is 7.57. The predicted molar refractivity (Wildman–Crippen MR) is 97.7 cm³/mol. The van der Waals surface area contributed by atoms with Crippen molar-refractivity contribution in [1.29, 1.82) is 0 Å². The number of halogens is 1. The Hall–Kier alpha value is -2.99. The standard InChI is InChI=1S/C18H15ClN4O2/c1-22(12-13-7-9-16(19)20-11-13)17-10-8-15(23(24)25)18(21-17)14-5-3-2-4-6-14/h2-11H,12H2,1H3. The first kappa shape index (κ1) is 16.9. The van der Waals surface area contributed by atoms with Gasteiger partial charge in [-0.05, 0) is 17.7 Å². The Bertz CT molecular complexity index is 885. The maximum absolute atomic E-state index is 11.3. The Morgan fingerprint density at radius 3 is 2.52 bits per heavy atom. The van der Waals surface area contributed by atoms with Crippen molar-refractivity contribution < 1.29 is 4.92 Å². The fourth-order valence-electron chi connectivity index (χ4n) is 2.46. The monoisotopic (exact) mass is 354 g/mol. The van der Waals surface area contributed by atoms with Gasteiger partial charge in [0.2, 0.25) is 0 Å². The van der Waals surface area contributed by atoms with Gasteiger partial charge >= 0.3 is 0 Å². The molecule has 0 spiro atoms. The van der Waals surface area contributed by atoms with Crippen molar-refractivity contribution in [3.8, 4) is 11.3 Å². The number of benzene rings is 1. The van der Waals surface area contributed by atoms with Gasteiger partial charge in [-0.15, -0.1) is 0 Å². The third kappa shape index (κ3) is 3.92. The molecule has 25 heavy (non-hydrogen) atoms. The van der Waals surface area contributed by atoms with Gasteiger partial charge in [-0.1, -0.05) is 48.0 Å². The molecule has 0 N–H and O–H groups in total. The van der Waals surface area contributed by atoms with Crippen molar-refractivity contribution in [2.75, 3.05) is 11.9 Å². The van der Waals surface area contributed by atoms with Crippen LogP contribution in [-0.4, -0.2) is 21.9 Å². The summed E-state index contributed by atoms with van der Waals surface area (Å²) in [5, 5.41) is 11.8. The Morgan fingerprint density at radius 2 is 1.88 bits per heavy atom. The average molecular weight is 355 g/mol. The number of nitrogens with zero attached hydrogens (tertiary/aromatic N) is 4. The summed E-state index contributed by atoms with van der Waals surface area (Å²) >= 11 is 5.80. The van der Waals surface area contributed by atoms with Gasteiger partial charge in [-0.3, -0.25) is 10.1 Å². The van der Waals surface area contributed by atoms with E-state index in [2.05, 4.69) is 9.97 Å². The van der Waals surface area contributed by atoms with E-state index in [-0.39, 0.29) is 5.69 Å². The van der Waals surface area contributed by atoms with E-state index in [1.54, 1.807) is 18.3 Å². The highest BCUT2D eigenvalue weighted by atomic mass is 35.5. The zero-order valence-electron chi connectivity index (χ0n) is 13.5. The SMILES string of the molecule is CN(Cc1ccc(Cl)nc1)c1ccc([N+](=O)[O-])c(-c2ccccc2)n1. The van der Waals surface area contributed by atoms with Gasteiger partial charge in [0.25, 0.3) is 5.69 Å². The molecule has 0 bridgehead atoms. The molecule has 3 aromatic rings. The molecule has 0 radical (unpaired) electrons. The third-order valence-corrected chi connectivity index (χ3v) is 3.93. The summed E-state index contributed by atoms with van der Waals surface area (Å²) in [7, 11) is 1.87. The lowest BCUT2D eigenvalue weighted by atomic mass is 10.1. The summed E-state index contributed by atoms with van der Waals surface area (Å²) in [6.07, 6.45) is 1.70. The summed E-state index contributed by atoms with van der Waals surface area (Å²) in [6, 6.07) is 15.9. The van der Waals surface area contributed by atoms with Crippen LogP contribution in [0.1, 0.15) is 5.56 Å². The lowest BCUT2D eigenvalue weighted by Crippen LogP contribution is -2.18. The Kier molecular flexibility index (Phi) is 4.90. The van der Waals surface area contributed by atoms with E-state index in [0.717, 1.165) is 5.56 Å². The largest absolute Gasteiger partial charge is 0.355 e. The molecule has 0 aliphatic rings. The number of anilines is 1. The lowest BCUT2D eigenvalue weighted by Gasteiger charge is -2.19. The van der Waals surface area contributed by atoms with Crippen molar-refractivity contribution in [3.05, 3.63) is 81.6 Å². The molecule has 3 rings (SSSR count). The van der Waals surface area contributed by atoms with Crippen LogP contribution < -0.4 is 4.90 Å². The van der Waals surface area contributed by atoms with E-state index in [9.17, 15) is 10.1 Å². The molecule has 0 saturated carbocycles. The van der Waals surface area contributed by atoms with Crippen molar-refractivity contribution >= 4 is 23.1 Å². The minimum Gasteiger partial charge on any atom is -0.355 e. The molecule has 2 heterocycles. The number of hydrogen-bond donors (Lipinski definition) is 0. The number of aromatic nitrogens is 2. The van der Waals surface area contributed by atoms with E-state index < -0.39 is 4.92 Å². The molecule has 7 heteroatoms. The van der Waals surface area contributed by atoms with E-state index in [1.165, 1.54) is 6.07 Å². The summed E-state index contributed by atoms with van der Waals surface area (Å²) in [5.74, 6) is 0.638. The Balaban J connectivity index is 1.94. The van der Waals surface area contributed by atoms with Gasteiger partial charge in [0, 0.05) is 31.4 Å². The zero-order valence-corrected chi connectivity index (χ0v) is 14.2. The summed E-state index contributed by atoms with van der Waals surface area (Å²) in [4.78, 5) is 21.4. The summed E-state index contributed by atoms with van der Waals surface area (Å²) in [6.45, 7) is 0.559. The fraction of sp³-hybridized carbons (Fsp3) is 0.111. The molecular weight excluding hydrogens is 340 g/mol. The second kappa shape index (κ2) is 7.27. The highest BCUT2D eigenvalue weighted by Gasteiger charge is 2.18. The number of nitro groups is 1. The van der Waals surface area contributed by atoms with Crippen molar-refractivity contribution in [2.24, 2.45) is 0 Å². The Labute approximate surface area is 149 Å². The fourth-order valence-corrected chi connectivity index (χ4v) is 2.58. The van der Waals surface area contributed by atoms with Crippen LogP contribution >= 0.6 is 11.6 Å². The van der Waals surface area contributed by atoms with Crippen molar-refractivity contribution in [3.63, 3.8) is 0 Å². The van der Waals surface area contributed by atoms with Crippen LogP contribution in [-0.2, 0) is 6.54 Å². The molecule has 0 aliphatic heterocycles. The molecule has 6 nitrogen and oxygen atoms in total. The first-order valence-corrected chi connectivity index (χ1v) is 7.95. The molecule has 126 valence electrons. The topological polar surface area (TPSA) is 72.2 Å². The minimum absolute atomic E-state index is 0.0171. The van der Waals surface area contributed by atoms with Gasteiger partial charge in [-0.25, -0.2) is 9.97 Å². The van der Waals surface area contributed by atoms with E-state index in [4.69, 9.17) is 11.6 Å².